The molecule has 276 valence electrons. The Morgan fingerprint density at radius 2 is 1.73 bits per heavy atom. The zero-order valence-electron chi connectivity index (χ0n) is 29.6. The van der Waals surface area contributed by atoms with Gasteiger partial charge in [-0.15, -0.1) is 11.3 Å². The first-order chi connectivity index (χ1) is 25.3. The SMILES string of the molecule is COC(=O)c1cnc([C@@H](O)[C@@H](CC2CCCCC2)NC(=O)[C@H](Cc2cnc[nH]2)NC(=O)[C@@H](CC(=O)N2CCCC2)Cc2cccc3ccccc23)s1. The number of carbonyl (C=O) groups excluding carboxylic acids is 4. The standard InChI is InChI=1S/C39H48N6O6S/c1-51-39(50)33-23-41-38(52-33)35(47)31(18-25-10-3-2-4-11-25)43-37(49)32(21-29-22-40-24-42-29)44-36(48)28(20-34(46)45-16-7-8-17-45)19-27-14-9-13-26-12-5-6-15-30(26)27/h5-6,9,12-15,22-25,28,31-32,35,47H,2-4,7-8,10-11,16-21H2,1H3,(H,40,42)(H,43,49)(H,44,48)/t28-,31-,32+,35+/m1/s1. The van der Waals surface area contributed by atoms with Crippen LogP contribution in [0, 0.1) is 11.8 Å². The number of rotatable bonds is 15. The summed E-state index contributed by atoms with van der Waals surface area (Å²) in [5.74, 6) is -1.93. The molecule has 0 spiro atoms. The second-order valence-corrected chi connectivity index (χ2v) is 15.1. The number of aromatic amines is 1. The van der Waals surface area contributed by atoms with Gasteiger partial charge in [0.05, 0.1) is 31.6 Å². The summed E-state index contributed by atoms with van der Waals surface area (Å²) in [5.41, 5.74) is 1.60. The highest BCUT2D eigenvalue weighted by molar-refractivity contribution is 7.13. The number of amides is 3. The third-order valence-electron chi connectivity index (χ3n) is 10.4. The first-order valence-corrected chi connectivity index (χ1v) is 19.1. The van der Waals surface area contributed by atoms with E-state index in [1.807, 2.05) is 47.4 Å². The molecular formula is C39H48N6O6S. The lowest BCUT2D eigenvalue weighted by molar-refractivity contribution is -0.136. The van der Waals surface area contributed by atoms with E-state index in [0.717, 1.165) is 72.6 Å². The van der Waals surface area contributed by atoms with Gasteiger partial charge in [-0.2, -0.15) is 0 Å². The van der Waals surface area contributed by atoms with Gasteiger partial charge in [-0.1, -0.05) is 74.6 Å². The van der Waals surface area contributed by atoms with Gasteiger partial charge in [0, 0.05) is 37.8 Å². The van der Waals surface area contributed by atoms with Crippen molar-refractivity contribution in [1.82, 2.24) is 30.5 Å². The highest BCUT2D eigenvalue weighted by atomic mass is 32.1. The second kappa shape index (κ2) is 17.7. The third kappa shape index (κ3) is 9.43. The number of thiazole rings is 1. The minimum atomic E-state index is -1.19. The van der Waals surface area contributed by atoms with Crippen LogP contribution in [-0.4, -0.2) is 80.9 Å². The Labute approximate surface area is 307 Å². The lowest BCUT2D eigenvalue weighted by Crippen LogP contribution is -2.53. The van der Waals surface area contributed by atoms with Crippen molar-refractivity contribution < 1.29 is 29.0 Å². The zero-order chi connectivity index (χ0) is 36.5. The molecule has 2 fully saturated rings. The number of nitrogens with zero attached hydrogens (tertiary/aromatic N) is 3. The number of H-pyrrole nitrogens is 1. The molecule has 3 amide bonds. The van der Waals surface area contributed by atoms with Crippen LogP contribution in [0.5, 0.6) is 0 Å². The molecule has 6 rings (SSSR count). The molecule has 52 heavy (non-hydrogen) atoms. The number of ether oxygens (including phenoxy) is 1. The molecule has 2 aromatic carbocycles. The summed E-state index contributed by atoms with van der Waals surface area (Å²) in [4.78, 5) is 67.8. The van der Waals surface area contributed by atoms with Crippen molar-refractivity contribution >= 4 is 45.8 Å². The number of methoxy groups -OCH3 is 1. The average molecular weight is 729 g/mol. The van der Waals surface area contributed by atoms with E-state index in [9.17, 15) is 24.3 Å². The number of hydrogen-bond acceptors (Lipinski definition) is 9. The molecule has 2 aromatic heterocycles. The first kappa shape index (κ1) is 37.1. The van der Waals surface area contributed by atoms with Crippen LogP contribution in [0.1, 0.15) is 89.8 Å². The second-order valence-electron chi connectivity index (χ2n) is 14.0. The summed E-state index contributed by atoms with van der Waals surface area (Å²) in [7, 11) is 1.29. The molecule has 1 saturated heterocycles. The van der Waals surface area contributed by atoms with E-state index >= 15 is 0 Å². The molecule has 13 heteroatoms. The molecule has 4 aromatic rings. The number of esters is 1. The average Bonchev–Trinajstić information content (AvgIpc) is 3.98. The molecule has 1 aliphatic heterocycles. The van der Waals surface area contributed by atoms with Crippen molar-refractivity contribution in [3.8, 4) is 0 Å². The fourth-order valence-corrected chi connectivity index (χ4v) is 8.43. The normalized spacial score (nSPS) is 17.3. The fourth-order valence-electron chi connectivity index (χ4n) is 7.54. The Bertz CT molecular complexity index is 1810. The molecule has 4 atom stereocenters. The molecule has 4 N–H and O–H groups in total. The largest absolute Gasteiger partial charge is 0.465 e. The van der Waals surface area contributed by atoms with Crippen molar-refractivity contribution in [3.05, 3.63) is 82.3 Å². The molecule has 0 unspecified atom stereocenters. The molecule has 12 nitrogen and oxygen atoms in total. The molecule has 0 bridgehead atoms. The monoisotopic (exact) mass is 728 g/mol. The number of imidazole rings is 1. The van der Waals surface area contributed by atoms with Crippen molar-refractivity contribution in [2.45, 2.75) is 88.8 Å². The Morgan fingerprint density at radius 1 is 0.962 bits per heavy atom. The Morgan fingerprint density at radius 3 is 2.48 bits per heavy atom. The van der Waals surface area contributed by atoms with Gasteiger partial charge in [0.2, 0.25) is 17.7 Å². The first-order valence-electron chi connectivity index (χ1n) is 18.3. The van der Waals surface area contributed by atoms with Crippen molar-refractivity contribution in [2.24, 2.45) is 11.8 Å². The van der Waals surface area contributed by atoms with Crippen LogP contribution in [0.4, 0.5) is 0 Å². The summed E-state index contributed by atoms with van der Waals surface area (Å²) in [6.45, 7) is 1.36. The predicted molar refractivity (Wildman–Crippen MR) is 197 cm³/mol. The lowest BCUT2D eigenvalue weighted by Gasteiger charge is -2.31. The fraction of sp³-hybridized carbons (Fsp3) is 0.487. The maximum Gasteiger partial charge on any atom is 0.349 e. The van der Waals surface area contributed by atoms with E-state index in [-0.39, 0.29) is 29.5 Å². The zero-order valence-corrected chi connectivity index (χ0v) is 30.4. The number of fused-ring (bicyclic) bond motifs is 1. The van der Waals surface area contributed by atoms with E-state index in [1.54, 1.807) is 6.20 Å². The minimum Gasteiger partial charge on any atom is -0.465 e. The third-order valence-corrected chi connectivity index (χ3v) is 11.4. The van der Waals surface area contributed by atoms with Crippen molar-refractivity contribution in [2.75, 3.05) is 20.2 Å². The topological polar surface area (TPSA) is 167 Å². The van der Waals surface area contributed by atoms with Gasteiger partial charge >= 0.3 is 5.97 Å². The summed E-state index contributed by atoms with van der Waals surface area (Å²) >= 11 is 1.03. The highest BCUT2D eigenvalue weighted by Crippen LogP contribution is 2.32. The van der Waals surface area contributed by atoms with Crippen LogP contribution in [0.15, 0.2) is 61.2 Å². The van der Waals surface area contributed by atoms with Crippen LogP contribution in [-0.2, 0) is 32.0 Å². The van der Waals surface area contributed by atoms with Crippen molar-refractivity contribution in [3.63, 3.8) is 0 Å². The summed E-state index contributed by atoms with van der Waals surface area (Å²) in [5, 5.41) is 20.1. The molecule has 3 heterocycles. The quantitative estimate of drug-likeness (QED) is 0.126. The smallest absolute Gasteiger partial charge is 0.349 e. The number of hydrogen-bond donors (Lipinski definition) is 4. The molecule has 0 radical (unpaired) electrons. The Balaban J connectivity index is 1.25. The van der Waals surface area contributed by atoms with Gasteiger partial charge < -0.3 is 30.4 Å². The highest BCUT2D eigenvalue weighted by Gasteiger charge is 2.34. The maximum atomic E-state index is 14.3. The number of aromatic nitrogens is 3. The predicted octanol–water partition coefficient (Wildman–Crippen LogP) is 4.89. The van der Waals surface area contributed by atoms with Crippen LogP contribution < -0.4 is 10.6 Å². The van der Waals surface area contributed by atoms with E-state index in [4.69, 9.17) is 4.74 Å². The van der Waals surface area contributed by atoms with E-state index in [2.05, 4.69) is 25.6 Å². The lowest BCUT2D eigenvalue weighted by atomic mass is 9.83. The van der Waals surface area contributed by atoms with Gasteiger partial charge in [0.15, 0.2) is 0 Å². The summed E-state index contributed by atoms with van der Waals surface area (Å²) in [6, 6.07) is 12.2. The van der Waals surface area contributed by atoms with Crippen LogP contribution >= 0.6 is 11.3 Å². The molecular weight excluding hydrogens is 681 g/mol. The van der Waals surface area contributed by atoms with Crippen LogP contribution in [0.3, 0.4) is 0 Å². The van der Waals surface area contributed by atoms with Crippen molar-refractivity contribution in [1.29, 1.82) is 0 Å². The van der Waals surface area contributed by atoms with Gasteiger partial charge in [0.1, 0.15) is 22.0 Å². The van der Waals surface area contributed by atoms with Gasteiger partial charge in [-0.3, -0.25) is 14.4 Å². The van der Waals surface area contributed by atoms with Crippen LogP contribution in [0.25, 0.3) is 10.8 Å². The Hall–Kier alpha value is -4.62. The summed E-state index contributed by atoms with van der Waals surface area (Å²) < 4.78 is 4.83. The number of carbonyl (C=O) groups is 4. The number of aliphatic hydroxyl groups excluding tert-OH is 1. The number of benzene rings is 2. The number of nitrogens with one attached hydrogen (secondary N) is 3. The Kier molecular flexibility index (Phi) is 12.7. The van der Waals surface area contributed by atoms with Gasteiger partial charge in [0.25, 0.3) is 0 Å². The molecule has 1 saturated carbocycles. The molecule has 1 aliphatic carbocycles. The summed E-state index contributed by atoms with van der Waals surface area (Å²) in [6.07, 6.45) is 11.4. The van der Waals surface area contributed by atoms with E-state index in [1.165, 1.54) is 19.6 Å². The van der Waals surface area contributed by atoms with Gasteiger partial charge in [-0.05, 0) is 47.9 Å². The number of likely N-dealkylation sites (tertiary alicyclic amines) is 1. The van der Waals surface area contributed by atoms with E-state index < -0.39 is 41.9 Å². The number of aliphatic hydroxyl groups is 1. The van der Waals surface area contributed by atoms with Gasteiger partial charge in [-0.25, -0.2) is 14.8 Å². The minimum absolute atomic E-state index is 0.0169. The van der Waals surface area contributed by atoms with E-state index in [0.29, 0.717) is 36.6 Å². The van der Waals surface area contributed by atoms with Crippen LogP contribution in [0.2, 0.25) is 0 Å². The molecule has 2 aliphatic rings. The maximum absolute atomic E-state index is 14.3.